The Morgan fingerprint density at radius 1 is 1.31 bits per heavy atom. The molecule has 1 aliphatic carbocycles. The molecule has 0 aromatic rings. The molecule has 1 aliphatic heterocycles. The van der Waals surface area contributed by atoms with E-state index >= 15 is 0 Å². The molecule has 0 aromatic carbocycles. The van der Waals surface area contributed by atoms with Crippen LogP contribution in [-0.4, -0.2) is 29.5 Å². The Morgan fingerprint density at radius 2 is 2.00 bits per heavy atom. The number of allylic oxidation sites excluding steroid dienone is 3. The molecular formula is C11H13NO3S. The summed E-state index contributed by atoms with van der Waals surface area (Å²) in [5, 5.41) is -0.346. The molecule has 1 amide bonds. The van der Waals surface area contributed by atoms with Gasteiger partial charge in [0.05, 0.1) is 18.3 Å². The largest absolute Gasteiger partial charge is 0.469 e. The van der Waals surface area contributed by atoms with Crippen molar-refractivity contribution in [1.82, 2.24) is 0 Å². The van der Waals surface area contributed by atoms with Crippen LogP contribution >= 0.6 is 11.8 Å². The Balaban J connectivity index is 2.29. The standard InChI is InChI=1S/C11H13NO3S/c1-15-11(14)8-6-4-2-3-5-7(6)16-9(8)10(12)13/h2-9H,1H3,(H2,12,13). The Morgan fingerprint density at radius 3 is 2.62 bits per heavy atom. The number of esters is 1. The first-order valence-corrected chi connectivity index (χ1v) is 5.97. The summed E-state index contributed by atoms with van der Waals surface area (Å²) in [5.74, 6) is -1.25. The molecule has 0 aromatic heterocycles. The summed E-state index contributed by atoms with van der Waals surface area (Å²) in [4.78, 5) is 23.0. The summed E-state index contributed by atoms with van der Waals surface area (Å²) in [6.45, 7) is 0. The van der Waals surface area contributed by atoms with Crippen molar-refractivity contribution in [2.75, 3.05) is 7.11 Å². The van der Waals surface area contributed by atoms with Crippen molar-refractivity contribution in [3.05, 3.63) is 24.3 Å². The maximum Gasteiger partial charge on any atom is 0.310 e. The van der Waals surface area contributed by atoms with Crippen LogP contribution < -0.4 is 5.73 Å². The molecule has 2 aliphatic rings. The van der Waals surface area contributed by atoms with Gasteiger partial charge in [-0.3, -0.25) is 9.59 Å². The van der Waals surface area contributed by atoms with E-state index in [1.807, 2.05) is 24.3 Å². The van der Waals surface area contributed by atoms with E-state index in [1.165, 1.54) is 18.9 Å². The van der Waals surface area contributed by atoms with Gasteiger partial charge in [0.2, 0.25) is 5.91 Å². The second kappa shape index (κ2) is 4.33. The number of hydrogen-bond donors (Lipinski definition) is 1. The van der Waals surface area contributed by atoms with Crippen LogP contribution in [0.25, 0.3) is 0 Å². The van der Waals surface area contributed by atoms with Crippen molar-refractivity contribution in [2.45, 2.75) is 10.5 Å². The number of nitrogens with two attached hydrogens (primary N) is 1. The van der Waals surface area contributed by atoms with Crippen molar-refractivity contribution in [3.63, 3.8) is 0 Å². The molecule has 16 heavy (non-hydrogen) atoms. The smallest absolute Gasteiger partial charge is 0.310 e. The Bertz CT molecular complexity index is 377. The normalized spacial score (nSPS) is 35.8. The molecule has 0 saturated carbocycles. The number of amides is 1. The summed E-state index contributed by atoms with van der Waals surface area (Å²) in [6.07, 6.45) is 7.75. The number of primary amides is 1. The van der Waals surface area contributed by atoms with Crippen LogP contribution in [0.3, 0.4) is 0 Å². The van der Waals surface area contributed by atoms with Crippen LogP contribution in [0.4, 0.5) is 0 Å². The molecule has 1 heterocycles. The SMILES string of the molecule is COC(=O)C1C(C(N)=O)SC2C=CC=CC21. The monoisotopic (exact) mass is 239 g/mol. The highest BCUT2D eigenvalue weighted by atomic mass is 32.2. The van der Waals surface area contributed by atoms with Gasteiger partial charge in [-0.1, -0.05) is 24.3 Å². The molecule has 0 bridgehead atoms. The molecule has 0 spiro atoms. The van der Waals surface area contributed by atoms with Crippen LogP contribution in [0.15, 0.2) is 24.3 Å². The fraction of sp³-hybridized carbons (Fsp3) is 0.455. The van der Waals surface area contributed by atoms with Crippen molar-refractivity contribution < 1.29 is 14.3 Å². The Hall–Kier alpha value is -1.23. The molecule has 2 rings (SSSR count). The number of methoxy groups -OCH3 is 1. The van der Waals surface area contributed by atoms with Crippen molar-refractivity contribution >= 4 is 23.6 Å². The van der Waals surface area contributed by atoms with Crippen LogP contribution in [-0.2, 0) is 14.3 Å². The zero-order valence-electron chi connectivity index (χ0n) is 8.83. The maximum absolute atomic E-state index is 11.7. The van der Waals surface area contributed by atoms with E-state index < -0.39 is 17.1 Å². The predicted octanol–water partition coefficient (Wildman–Crippen LogP) is 0.487. The number of fused-ring (bicyclic) bond motifs is 1. The molecular weight excluding hydrogens is 226 g/mol. The molecule has 1 fully saturated rings. The quantitative estimate of drug-likeness (QED) is 0.712. The van der Waals surface area contributed by atoms with Crippen LogP contribution in [0.5, 0.6) is 0 Å². The lowest BCUT2D eigenvalue weighted by Crippen LogP contribution is -2.37. The summed E-state index contributed by atoms with van der Waals surface area (Å²) in [5.41, 5.74) is 5.32. The lowest BCUT2D eigenvalue weighted by molar-refractivity contribution is -0.147. The average molecular weight is 239 g/mol. The second-order valence-electron chi connectivity index (χ2n) is 3.82. The predicted molar refractivity (Wildman–Crippen MR) is 61.6 cm³/mol. The number of ether oxygens (including phenoxy) is 1. The first kappa shape index (κ1) is 11.3. The van der Waals surface area contributed by atoms with E-state index in [1.54, 1.807) is 0 Å². The first-order chi connectivity index (χ1) is 7.65. The van der Waals surface area contributed by atoms with Crippen LogP contribution in [0.2, 0.25) is 0 Å². The molecule has 0 radical (unpaired) electrons. The summed E-state index contributed by atoms with van der Waals surface area (Å²) in [7, 11) is 1.33. The van der Waals surface area contributed by atoms with Gasteiger partial charge in [0.1, 0.15) is 0 Å². The zero-order chi connectivity index (χ0) is 11.7. The van der Waals surface area contributed by atoms with Crippen LogP contribution in [0, 0.1) is 11.8 Å². The highest BCUT2D eigenvalue weighted by Crippen LogP contribution is 2.46. The fourth-order valence-corrected chi connectivity index (χ4v) is 3.74. The highest BCUT2D eigenvalue weighted by molar-refractivity contribution is 8.01. The van der Waals surface area contributed by atoms with Crippen LogP contribution in [0.1, 0.15) is 0 Å². The fourth-order valence-electron chi connectivity index (χ4n) is 2.18. The molecule has 5 heteroatoms. The third kappa shape index (κ3) is 1.75. The van der Waals surface area contributed by atoms with Crippen molar-refractivity contribution in [1.29, 1.82) is 0 Å². The van der Waals surface area contributed by atoms with E-state index in [0.29, 0.717) is 0 Å². The van der Waals surface area contributed by atoms with E-state index in [2.05, 4.69) is 0 Å². The summed E-state index contributed by atoms with van der Waals surface area (Å²) >= 11 is 1.44. The second-order valence-corrected chi connectivity index (χ2v) is 5.14. The molecule has 4 unspecified atom stereocenters. The van der Waals surface area contributed by atoms with Crippen molar-refractivity contribution in [2.24, 2.45) is 17.6 Å². The minimum atomic E-state index is -0.491. The number of carbonyl (C=O) groups is 2. The first-order valence-electron chi connectivity index (χ1n) is 5.02. The minimum absolute atomic E-state index is 0.0138. The lowest BCUT2D eigenvalue weighted by atomic mass is 9.84. The van der Waals surface area contributed by atoms with Gasteiger partial charge in [0.25, 0.3) is 0 Å². The Labute approximate surface area is 97.9 Å². The molecule has 86 valence electrons. The number of hydrogen-bond acceptors (Lipinski definition) is 4. The third-order valence-electron chi connectivity index (χ3n) is 2.92. The minimum Gasteiger partial charge on any atom is -0.469 e. The van der Waals surface area contributed by atoms with Gasteiger partial charge >= 0.3 is 5.97 Å². The van der Waals surface area contributed by atoms with Crippen molar-refractivity contribution in [3.8, 4) is 0 Å². The average Bonchev–Trinajstić information content (AvgIpc) is 2.67. The third-order valence-corrected chi connectivity index (χ3v) is 4.53. The van der Waals surface area contributed by atoms with Gasteiger partial charge in [0.15, 0.2) is 0 Å². The van der Waals surface area contributed by atoms with E-state index in [4.69, 9.17) is 10.5 Å². The molecule has 2 N–H and O–H groups in total. The number of thioether (sulfide) groups is 1. The van der Waals surface area contributed by atoms with Gasteiger partial charge in [-0.2, -0.15) is 0 Å². The summed E-state index contributed by atoms with van der Waals surface area (Å²) < 4.78 is 4.75. The summed E-state index contributed by atoms with van der Waals surface area (Å²) in [6, 6.07) is 0. The molecule has 4 atom stereocenters. The van der Waals surface area contributed by atoms with E-state index in [-0.39, 0.29) is 17.1 Å². The van der Waals surface area contributed by atoms with E-state index in [9.17, 15) is 9.59 Å². The van der Waals surface area contributed by atoms with Gasteiger partial charge in [-0.05, 0) is 0 Å². The maximum atomic E-state index is 11.7. The van der Waals surface area contributed by atoms with E-state index in [0.717, 1.165) is 0 Å². The van der Waals surface area contributed by atoms with Gasteiger partial charge in [0, 0.05) is 11.2 Å². The molecule has 4 nitrogen and oxygen atoms in total. The zero-order valence-corrected chi connectivity index (χ0v) is 9.65. The van der Waals surface area contributed by atoms with Gasteiger partial charge in [-0.25, -0.2) is 0 Å². The topological polar surface area (TPSA) is 69.4 Å². The van der Waals surface area contributed by atoms with Gasteiger partial charge in [-0.15, -0.1) is 11.8 Å². The van der Waals surface area contributed by atoms with Gasteiger partial charge < -0.3 is 10.5 Å². The number of carbonyl (C=O) groups excluding carboxylic acids is 2. The number of rotatable bonds is 2. The Kier molecular flexibility index (Phi) is 3.05. The highest BCUT2D eigenvalue weighted by Gasteiger charge is 2.49. The lowest BCUT2D eigenvalue weighted by Gasteiger charge is -2.19. The molecule has 1 saturated heterocycles.